The Morgan fingerprint density at radius 3 is 1.07 bits per heavy atom. The number of alkyl halides is 2. The monoisotopic (exact) mass is 580 g/mol. The van der Waals surface area contributed by atoms with Crippen LogP contribution in [0.5, 0.6) is 0 Å². The van der Waals surface area contributed by atoms with E-state index in [1.165, 1.54) is 86.9 Å². The first kappa shape index (κ1) is 26.8. The summed E-state index contributed by atoms with van der Waals surface area (Å²) in [5.74, 6) is 1.07. The number of rotatable bonds is 2. The Bertz CT molecular complexity index is 2130. The molecule has 0 aliphatic rings. The quantitative estimate of drug-likeness (QED) is 0.108. The standard InChI is InChI=1S/2C20H15Cl/c2*1-13-15-7-4-5-9-17(15)19(12-21)18-11-10-14-6-2-3-8-16(14)20(13)18/h2*2-11H,12H2,1H3. The minimum Gasteiger partial charge on any atom is -0.122 e. The van der Waals surface area contributed by atoms with Crippen LogP contribution in [0.2, 0.25) is 0 Å². The Labute approximate surface area is 256 Å². The molecule has 42 heavy (non-hydrogen) atoms. The number of hydrogen-bond acceptors (Lipinski definition) is 0. The van der Waals surface area contributed by atoms with E-state index in [-0.39, 0.29) is 0 Å². The van der Waals surface area contributed by atoms with E-state index in [9.17, 15) is 0 Å². The summed E-state index contributed by atoms with van der Waals surface area (Å²) in [5, 5.41) is 15.6. The number of aryl methyl sites for hydroxylation is 2. The van der Waals surface area contributed by atoms with E-state index < -0.39 is 0 Å². The maximum Gasteiger partial charge on any atom is 0.0486 e. The molecule has 2 heteroatoms. The number of hydrogen-bond donors (Lipinski definition) is 0. The zero-order valence-electron chi connectivity index (χ0n) is 23.7. The Kier molecular flexibility index (Phi) is 6.98. The molecule has 0 aliphatic heterocycles. The SMILES string of the molecule is Cc1c2ccccc2c(CCl)c2ccc3ccccc3c12.Cc1c2ccccc2c(CCl)c2ccc3ccccc3c12. The van der Waals surface area contributed by atoms with Gasteiger partial charge in [0.2, 0.25) is 0 Å². The highest BCUT2D eigenvalue weighted by molar-refractivity contribution is 6.24. The van der Waals surface area contributed by atoms with Gasteiger partial charge in [0.15, 0.2) is 0 Å². The van der Waals surface area contributed by atoms with E-state index in [1.807, 2.05) is 0 Å². The van der Waals surface area contributed by atoms with E-state index >= 15 is 0 Å². The lowest BCUT2D eigenvalue weighted by Gasteiger charge is -2.15. The molecule has 0 unspecified atom stereocenters. The van der Waals surface area contributed by atoms with Gasteiger partial charge in [-0.25, -0.2) is 0 Å². The molecular formula is C40H30Cl2. The molecule has 0 heterocycles. The van der Waals surface area contributed by atoms with Gasteiger partial charge in [-0.1, -0.05) is 121 Å². The van der Waals surface area contributed by atoms with Gasteiger partial charge >= 0.3 is 0 Å². The van der Waals surface area contributed by atoms with Crippen molar-refractivity contribution in [3.8, 4) is 0 Å². The van der Waals surface area contributed by atoms with Crippen LogP contribution in [0.3, 0.4) is 0 Å². The van der Waals surface area contributed by atoms with E-state index in [4.69, 9.17) is 23.2 Å². The number of benzene rings is 8. The van der Waals surface area contributed by atoms with Crippen LogP contribution in [-0.2, 0) is 11.8 Å². The zero-order valence-corrected chi connectivity index (χ0v) is 25.2. The predicted octanol–water partition coefficient (Wildman–Crippen LogP) is 12.4. The van der Waals surface area contributed by atoms with Gasteiger partial charge in [0, 0.05) is 11.8 Å². The van der Waals surface area contributed by atoms with Crippen molar-refractivity contribution in [3.05, 3.63) is 144 Å². The average molecular weight is 582 g/mol. The lowest BCUT2D eigenvalue weighted by molar-refractivity contribution is 1.48. The molecule has 0 radical (unpaired) electrons. The van der Waals surface area contributed by atoms with Crippen LogP contribution in [0.25, 0.3) is 64.6 Å². The fourth-order valence-electron chi connectivity index (χ4n) is 6.85. The molecule has 8 aromatic rings. The minimum absolute atomic E-state index is 0.537. The maximum absolute atomic E-state index is 6.29. The lowest BCUT2D eigenvalue weighted by Crippen LogP contribution is -1.91. The van der Waals surface area contributed by atoms with Crippen LogP contribution in [0.4, 0.5) is 0 Å². The summed E-state index contributed by atoms with van der Waals surface area (Å²) in [6.07, 6.45) is 0. The first-order valence-electron chi connectivity index (χ1n) is 14.4. The van der Waals surface area contributed by atoms with Gasteiger partial charge in [0.05, 0.1) is 0 Å². The third-order valence-electron chi connectivity index (χ3n) is 8.84. The summed E-state index contributed by atoms with van der Waals surface area (Å²) in [4.78, 5) is 0. The van der Waals surface area contributed by atoms with Crippen LogP contribution in [-0.4, -0.2) is 0 Å². The summed E-state index contributed by atoms with van der Waals surface area (Å²) >= 11 is 12.6. The molecule has 204 valence electrons. The molecule has 0 aliphatic carbocycles. The Morgan fingerprint density at radius 1 is 0.357 bits per heavy atom. The number of halogens is 2. The molecule has 8 aromatic carbocycles. The molecule has 0 spiro atoms. The first-order chi connectivity index (χ1) is 20.6. The zero-order chi connectivity index (χ0) is 28.8. The topological polar surface area (TPSA) is 0 Å². The normalized spacial score (nSPS) is 11.5. The molecule has 0 nitrogen and oxygen atoms in total. The predicted molar refractivity (Wildman–Crippen MR) is 187 cm³/mol. The van der Waals surface area contributed by atoms with Crippen molar-refractivity contribution in [2.75, 3.05) is 0 Å². The summed E-state index contributed by atoms with van der Waals surface area (Å²) in [6.45, 7) is 4.43. The molecular weight excluding hydrogens is 551 g/mol. The van der Waals surface area contributed by atoms with Crippen molar-refractivity contribution in [2.24, 2.45) is 0 Å². The molecule has 0 bridgehead atoms. The largest absolute Gasteiger partial charge is 0.122 e. The van der Waals surface area contributed by atoms with E-state index in [1.54, 1.807) is 0 Å². The van der Waals surface area contributed by atoms with Crippen molar-refractivity contribution < 1.29 is 0 Å². The smallest absolute Gasteiger partial charge is 0.0486 e. The number of fused-ring (bicyclic) bond motifs is 8. The van der Waals surface area contributed by atoms with Crippen LogP contribution in [0.15, 0.2) is 121 Å². The Balaban J connectivity index is 0.000000137. The molecule has 0 N–H and O–H groups in total. The lowest BCUT2D eigenvalue weighted by atomic mass is 9.90. The second-order valence-electron chi connectivity index (χ2n) is 11.0. The van der Waals surface area contributed by atoms with Gasteiger partial charge in [-0.05, 0) is 101 Å². The van der Waals surface area contributed by atoms with Gasteiger partial charge in [0.25, 0.3) is 0 Å². The van der Waals surface area contributed by atoms with Gasteiger partial charge < -0.3 is 0 Å². The van der Waals surface area contributed by atoms with Crippen LogP contribution >= 0.6 is 23.2 Å². The average Bonchev–Trinajstić information content (AvgIpc) is 3.05. The maximum atomic E-state index is 6.29. The minimum atomic E-state index is 0.537. The Morgan fingerprint density at radius 2 is 0.690 bits per heavy atom. The second-order valence-corrected chi connectivity index (χ2v) is 11.5. The van der Waals surface area contributed by atoms with Crippen LogP contribution in [0.1, 0.15) is 22.3 Å². The fraction of sp³-hybridized carbons (Fsp3) is 0.100. The van der Waals surface area contributed by atoms with Crippen molar-refractivity contribution >= 4 is 87.8 Å². The van der Waals surface area contributed by atoms with Crippen LogP contribution < -0.4 is 0 Å². The Hall–Kier alpha value is -4.10. The molecule has 0 saturated carbocycles. The highest BCUT2D eigenvalue weighted by Gasteiger charge is 2.14. The van der Waals surface area contributed by atoms with E-state index in [2.05, 4.69) is 135 Å². The molecule has 8 rings (SSSR count). The highest BCUT2D eigenvalue weighted by atomic mass is 35.5. The van der Waals surface area contributed by atoms with E-state index in [0.29, 0.717) is 11.8 Å². The first-order valence-corrected chi connectivity index (χ1v) is 15.4. The molecule has 0 aromatic heterocycles. The van der Waals surface area contributed by atoms with E-state index in [0.717, 1.165) is 0 Å². The van der Waals surface area contributed by atoms with Gasteiger partial charge in [-0.15, -0.1) is 23.2 Å². The van der Waals surface area contributed by atoms with Crippen LogP contribution in [0, 0.1) is 13.8 Å². The van der Waals surface area contributed by atoms with Crippen molar-refractivity contribution in [1.82, 2.24) is 0 Å². The second kappa shape index (κ2) is 11.0. The molecule has 0 amide bonds. The molecule has 0 atom stereocenters. The summed E-state index contributed by atoms with van der Waals surface area (Å²) in [7, 11) is 0. The third-order valence-corrected chi connectivity index (χ3v) is 9.37. The third kappa shape index (κ3) is 4.21. The van der Waals surface area contributed by atoms with Gasteiger partial charge in [-0.3, -0.25) is 0 Å². The van der Waals surface area contributed by atoms with Gasteiger partial charge in [0.1, 0.15) is 0 Å². The summed E-state index contributed by atoms with van der Waals surface area (Å²) in [5.41, 5.74) is 5.15. The molecule has 0 fully saturated rings. The molecule has 0 saturated heterocycles. The summed E-state index contributed by atoms with van der Waals surface area (Å²) < 4.78 is 0. The fourth-order valence-corrected chi connectivity index (χ4v) is 7.42. The van der Waals surface area contributed by atoms with Crippen molar-refractivity contribution in [2.45, 2.75) is 25.6 Å². The van der Waals surface area contributed by atoms with Crippen molar-refractivity contribution in [1.29, 1.82) is 0 Å². The summed E-state index contributed by atoms with van der Waals surface area (Å²) in [6, 6.07) is 43.1. The van der Waals surface area contributed by atoms with Gasteiger partial charge in [-0.2, -0.15) is 0 Å². The highest BCUT2D eigenvalue weighted by Crippen LogP contribution is 2.38. The van der Waals surface area contributed by atoms with Crippen molar-refractivity contribution in [3.63, 3.8) is 0 Å².